The van der Waals surface area contributed by atoms with E-state index in [0.29, 0.717) is 0 Å². The van der Waals surface area contributed by atoms with Gasteiger partial charge in [-0.2, -0.15) is 8.43 Å². The van der Waals surface area contributed by atoms with Gasteiger partial charge in [0.2, 0.25) is 0 Å². The zero-order chi connectivity index (χ0) is 13.8. The second-order valence-corrected chi connectivity index (χ2v) is 14.5. The fourth-order valence-corrected chi connectivity index (χ4v) is 16.0. The molecule has 2 aromatic rings. The molecule has 0 radical (unpaired) electrons. The molecular weight excluding hydrogens is 303 g/mol. The molecule has 2 unspecified atom stereocenters. The molecule has 0 bridgehead atoms. The van der Waals surface area contributed by atoms with Crippen molar-refractivity contribution in [3.05, 3.63) is 71.8 Å². The molecule has 1 heterocycles. The Morgan fingerprint density at radius 1 is 0.750 bits per heavy atom. The molecule has 2 atom stereocenters. The first-order valence-corrected chi connectivity index (χ1v) is 13.0. The van der Waals surface area contributed by atoms with Gasteiger partial charge >= 0.3 is 8.25 Å². The summed E-state index contributed by atoms with van der Waals surface area (Å²) in [6.07, 6.45) is 0. The van der Waals surface area contributed by atoms with Gasteiger partial charge in [-0.1, -0.05) is 60.7 Å². The van der Waals surface area contributed by atoms with Crippen molar-refractivity contribution in [2.24, 2.45) is 0 Å². The van der Waals surface area contributed by atoms with Crippen molar-refractivity contribution in [3.8, 4) is 0 Å². The molecule has 1 fully saturated rings. The Balaban J connectivity index is 1.70. The highest BCUT2D eigenvalue weighted by atomic mass is 31.1. The minimum Gasteiger partial charge on any atom is -0.180 e. The van der Waals surface area contributed by atoms with E-state index in [1.165, 1.54) is 11.1 Å². The average molecular weight is 319 g/mol. The maximum Gasteiger partial charge on any atom is 0.672 e. The Kier molecular flexibility index (Phi) is 4.55. The van der Waals surface area contributed by atoms with Gasteiger partial charge in [0, 0.05) is 4.57 Å². The summed E-state index contributed by atoms with van der Waals surface area (Å²) in [6, 6.07) is 22.4. The third-order valence-corrected chi connectivity index (χ3v) is 15.6. The highest BCUT2D eigenvalue weighted by Crippen LogP contribution is 2.36. The fourth-order valence-electron chi connectivity index (χ4n) is 2.41. The molecule has 102 valence electrons. The van der Waals surface area contributed by atoms with Gasteiger partial charge in [0.05, 0.1) is 0 Å². The van der Waals surface area contributed by atoms with Gasteiger partial charge in [-0.3, -0.25) is 0 Å². The summed E-state index contributed by atoms with van der Waals surface area (Å²) in [4.78, 5) is 0. The van der Waals surface area contributed by atoms with Gasteiger partial charge < -0.3 is 0 Å². The van der Waals surface area contributed by atoms with Crippen LogP contribution in [0.1, 0.15) is 11.1 Å². The Morgan fingerprint density at radius 3 is 1.55 bits per heavy atom. The third-order valence-electron chi connectivity index (χ3n) is 3.42. The maximum atomic E-state index is 11.6. The first-order chi connectivity index (χ1) is 9.81. The largest absolute Gasteiger partial charge is 0.672 e. The van der Waals surface area contributed by atoms with Crippen molar-refractivity contribution >= 4 is 25.4 Å². The summed E-state index contributed by atoms with van der Waals surface area (Å²) >= 11 is 0. The van der Waals surface area contributed by atoms with E-state index >= 15 is 0 Å². The van der Waals surface area contributed by atoms with Gasteiger partial charge in [-0.05, 0) is 23.2 Å². The molecule has 6 heteroatoms. The van der Waals surface area contributed by atoms with Gasteiger partial charge in [-0.25, -0.2) is 0 Å². The van der Waals surface area contributed by atoms with Gasteiger partial charge in [0.15, 0.2) is 0 Å². The zero-order valence-corrected chi connectivity index (χ0v) is 14.2. The second kappa shape index (κ2) is 6.56. The predicted molar refractivity (Wildman–Crippen MR) is 84.4 cm³/mol. The average Bonchev–Trinajstić information content (AvgIpc) is 2.81. The Hall–Kier alpha value is -1.11. The van der Waals surface area contributed by atoms with Crippen LogP contribution in [-0.2, 0) is 25.1 Å². The van der Waals surface area contributed by atoms with Crippen LogP contribution in [0.15, 0.2) is 60.7 Å². The lowest BCUT2D eigenvalue weighted by molar-refractivity contribution is 0.452. The van der Waals surface area contributed by atoms with Crippen molar-refractivity contribution < 1.29 is 13.0 Å². The quantitative estimate of drug-likeness (QED) is 0.642. The number of rotatable bonds is 4. The first-order valence-electron chi connectivity index (χ1n) is 6.70. The van der Waals surface area contributed by atoms with Crippen molar-refractivity contribution in [3.63, 3.8) is 0 Å². The molecule has 0 N–H and O–H groups in total. The summed E-state index contributed by atoms with van der Waals surface area (Å²) in [5.41, 5.74) is 2.53. The van der Waals surface area contributed by atoms with Gasteiger partial charge in [0.25, 0.3) is 17.1 Å². The molecular formula is C14H16O3PSi2+. The Morgan fingerprint density at radius 2 is 1.15 bits per heavy atom. The first kappa shape index (κ1) is 13.9. The smallest absolute Gasteiger partial charge is 0.180 e. The Labute approximate surface area is 122 Å². The summed E-state index contributed by atoms with van der Waals surface area (Å²) in [6.45, 7) is 0. The van der Waals surface area contributed by atoms with Crippen LogP contribution in [0.3, 0.4) is 0 Å². The molecule has 1 aliphatic rings. The van der Waals surface area contributed by atoms with Gasteiger partial charge in [-0.15, -0.1) is 0 Å². The maximum absolute atomic E-state index is 11.6. The van der Waals surface area contributed by atoms with Crippen LogP contribution >= 0.6 is 8.25 Å². The number of benzene rings is 2. The van der Waals surface area contributed by atoms with Crippen molar-refractivity contribution in [2.75, 3.05) is 0 Å². The van der Waals surface area contributed by atoms with Crippen molar-refractivity contribution in [1.82, 2.24) is 0 Å². The molecule has 20 heavy (non-hydrogen) atoms. The summed E-state index contributed by atoms with van der Waals surface area (Å²) in [5.74, 6) is 0. The monoisotopic (exact) mass is 319 g/mol. The van der Waals surface area contributed by atoms with E-state index in [1.54, 1.807) is 0 Å². The predicted octanol–water partition coefficient (Wildman–Crippen LogP) is 2.78. The van der Waals surface area contributed by atoms with E-state index in [2.05, 4.69) is 24.3 Å². The third kappa shape index (κ3) is 3.50. The Bertz CT molecular complexity index is 528. The molecule has 0 aromatic heterocycles. The molecule has 0 spiro atoms. The highest BCUT2D eigenvalue weighted by molar-refractivity contribution is 7.46. The minimum atomic E-state index is -1.86. The van der Waals surface area contributed by atoms with Crippen LogP contribution in [0.25, 0.3) is 0 Å². The zero-order valence-electron chi connectivity index (χ0n) is 11.0. The highest BCUT2D eigenvalue weighted by Gasteiger charge is 2.49. The van der Waals surface area contributed by atoms with Crippen molar-refractivity contribution in [2.45, 2.75) is 12.1 Å². The summed E-state index contributed by atoms with van der Waals surface area (Å²) < 4.78 is 22.9. The molecule has 0 aliphatic carbocycles. The molecule has 2 aromatic carbocycles. The lowest BCUT2D eigenvalue weighted by Crippen LogP contribution is -2.37. The van der Waals surface area contributed by atoms with Crippen molar-refractivity contribution in [1.29, 1.82) is 0 Å². The van der Waals surface area contributed by atoms with E-state index in [0.717, 1.165) is 12.1 Å². The van der Waals surface area contributed by atoms with Crippen LogP contribution in [0.2, 0.25) is 0 Å². The molecule has 3 rings (SSSR count). The SMILES string of the molecule is O=[P+]1O[SiH](Cc2ccccc2)[SiH](Cc2ccccc2)O1. The topological polar surface area (TPSA) is 35.5 Å². The molecule has 3 nitrogen and oxygen atoms in total. The van der Waals surface area contributed by atoms with Crippen LogP contribution in [0, 0.1) is 0 Å². The number of hydrogen-bond acceptors (Lipinski definition) is 3. The van der Waals surface area contributed by atoms with E-state index in [4.69, 9.17) is 8.43 Å². The number of hydrogen-bond donors (Lipinski definition) is 0. The standard InChI is InChI=1S/C14H16O3PSi2/c15-18-16-19(11-13-7-3-1-4-8-13)20(17-18)12-14-9-5-2-6-10-14/h1-10,19-20H,11-12H2/q+1. The molecule has 1 aliphatic heterocycles. The van der Waals surface area contributed by atoms with E-state index in [-0.39, 0.29) is 0 Å². The van der Waals surface area contributed by atoms with Gasteiger partial charge in [0.1, 0.15) is 0 Å². The fraction of sp³-hybridized carbons (Fsp3) is 0.143. The van der Waals surface area contributed by atoms with Crippen LogP contribution in [-0.4, -0.2) is 17.1 Å². The normalized spacial score (nSPS) is 23.9. The van der Waals surface area contributed by atoms with Crippen LogP contribution in [0.4, 0.5) is 0 Å². The van der Waals surface area contributed by atoms with E-state index < -0.39 is 25.4 Å². The van der Waals surface area contributed by atoms with E-state index in [1.807, 2.05) is 36.4 Å². The molecule has 0 saturated carbocycles. The second-order valence-electron chi connectivity index (χ2n) is 4.89. The minimum absolute atomic E-state index is 0.922. The van der Waals surface area contributed by atoms with Crippen LogP contribution in [0.5, 0.6) is 0 Å². The van der Waals surface area contributed by atoms with Crippen LogP contribution < -0.4 is 0 Å². The lowest BCUT2D eigenvalue weighted by Gasteiger charge is -2.08. The summed E-state index contributed by atoms with van der Waals surface area (Å²) in [7, 11) is -4.90. The lowest BCUT2D eigenvalue weighted by atomic mass is 10.2. The molecule has 1 saturated heterocycles. The summed E-state index contributed by atoms with van der Waals surface area (Å²) in [5, 5.41) is 0. The molecule has 0 amide bonds. The van der Waals surface area contributed by atoms with E-state index in [9.17, 15) is 4.57 Å².